The first kappa shape index (κ1) is 21.8. The van der Waals surface area contributed by atoms with E-state index >= 15 is 0 Å². The average Bonchev–Trinajstić information content (AvgIpc) is 3.24. The van der Waals surface area contributed by atoms with Crippen molar-refractivity contribution in [2.24, 2.45) is 29.1 Å². The first-order valence-electron chi connectivity index (χ1n) is 12.0. The number of aromatic hydroxyl groups is 1. The van der Waals surface area contributed by atoms with Gasteiger partial charge in [0.15, 0.2) is 0 Å². The van der Waals surface area contributed by atoms with Crippen LogP contribution in [0, 0.1) is 36.0 Å². The van der Waals surface area contributed by atoms with Crippen LogP contribution in [0.1, 0.15) is 36.8 Å². The second-order valence-corrected chi connectivity index (χ2v) is 10.4. The Kier molecular flexibility index (Phi) is 4.59. The zero-order chi connectivity index (χ0) is 24.6. The van der Waals surface area contributed by atoms with Gasteiger partial charge in [-0.25, -0.2) is 4.90 Å². The Hall–Kier alpha value is -3.74. The summed E-state index contributed by atoms with van der Waals surface area (Å²) in [6.07, 6.45) is 2.78. The number of anilines is 1. The van der Waals surface area contributed by atoms with E-state index in [0.29, 0.717) is 24.1 Å². The Bertz CT molecular complexity index is 1330. The number of amides is 4. The van der Waals surface area contributed by atoms with Crippen molar-refractivity contribution in [1.82, 2.24) is 5.32 Å². The number of nitrogens with one attached hydrogen (secondary N) is 1. The van der Waals surface area contributed by atoms with Gasteiger partial charge in [0.25, 0.3) is 0 Å². The quantitative estimate of drug-likeness (QED) is 0.518. The van der Waals surface area contributed by atoms with E-state index in [1.165, 1.54) is 4.90 Å². The number of para-hydroxylation sites is 1. The minimum atomic E-state index is -1.06. The van der Waals surface area contributed by atoms with Gasteiger partial charge in [-0.2, -0.15) is 0 Å². The Balaban J connectivity index is 1.55. The Morgan fingerprint density at radius 3 is 2.46 bits per heavy atom. The van der Waals surface area contributed by atoms with Crippen molar-refractivity contribution in [2.75, 3.05) is 4.90 Å². The van der Waals surface area contributed by atoms with E-state index in [4.69, 9.17) is 0 Å². The van der Waals surface area contributed by atoms with Crippen LogP contribution in [0.3, 0.4) is 0 Å². The molecule has 3 fully saturated rings. The fraction of sp³-hybridized carbons (Fsp3) is 0.357. The van der Waals surface area contributed by atoms with E-state index in [1.54, 1.807) is 43.3 Å². The fourth-order valence-corrected chi connectivity index (χ4v) is 6.99. The second-order valence-electron chi connectivity index (χ2n) is 10.4. The number of allylic oxidation sites excluding steroid dienone is 2. The molecule has 6 atom stereocenters. The highest BCUT2D eigenvalue weighted by atomic mass is 16.3. The second kappa shape index (κ2) is 7.38. The summed E-state index contributed by atoms with van der Waals surface area (Å²) in [5.74, 6) is -3.33. The maximum absolute atomic E-state index is 14.1. The van der Waals surface area contributed by atoms with Crippen LogP contribution in [0.15, 0.2) is 60.2 Å². The molecule has 0 bridgehead atoms. The van der Waals surface area contributed by atoms with E-state index in [2.05, 4.69) is 5.32 Å². The number of rotatable bonds is 2. The lowest BCUT2D eigenvalue weighted by molar-refractivity contribution is -0.131. The first-order chi connectivity index (χ1) is 16.7. The third kappa shape index (κ3) is 2.84. The van der Waals surface area contributed by atoms with Crippen LogP contribution in [-0.2, 0) is 19.2 Å². The third-order valence-corrected chi connectivity index (χ3v) is 8.69. The maximum atomic E-state index is 14.1. The Labute approximate surface area is 202 Å². The van der Waals surface area contributed by atoms with Gasteiger partial charge in [0, 0.05) is 5.92 Å². The van der Waals surface area contributed by atoms with Crippen molar-refractivity contribution in [3.05, 3.63) is 71.3 Å². The molecule has 0 aromatic heterocycles. The summed E-state index contributed by atoms with van der Waals surface area (Å²) in [4.78, 5) is 54.6. The zero-order valence-electron chi connectivity index (χ0n) is 19.5. The molecule has 2 heterocycles. The fourth-order valence-electron chi connectivity index (χ4n) is 6.99. The van der Waals surface area contributed by atoms with Gasteiger partial charge in [-0.1, -0.05) is 42.0 Å². The van der Waals surface area contributed by atoms with E-state index in [9.17, 15) is 24.3 Å². The van der Waals surface area contributed by atoms with Crippen LogP contribution in [0.2, 0.25) is 0 Å². The molecule has 6 rings (SSSR count). The van der Waals surface area contributed by atoms with E-state index < -0.39 is 29.1 Å². The van der Waals surface area contributed by atoms with E-state index in [0.717, 1.165) is 11.1 Å². The van der Waals surface area contributed by atoms with Crippen LogP contribution in [0.5, 0.6) is 5.75 Å². The molecule has 0 unspecified atom stereocenters. The number of aryl methyl sites for hydroxylation is 1. The molecule has 2 saturated heterocycles. The van der Waals surface area contributed by atoms with Gasteiger partial charge in [0.2, 0.25) is 23.6 Å². The molecular weight excluding hydrogens is 444 g/mol. The minimum Gasteiger partial charge on any atom is -0.508 e. The highest BCUT2D eigenvalue weighted by molar-refractivity contribution is 6.24. The smallest absolute Gasteiger partial charge is 0.241 e. The van der Waals surface area contributed by atoms with Gasteiger partial charge in [-0.3, -0.25) is 24.5 Å². The minimum absolute atomic E-state index is 0.154. The molecule has 0 spiro atoms. The van der Waals surface area contributed by atoms with Crippen LogP contribution >= 0.6 is 0 Å². The molecular formula is C28H26N2O5. The molecule has 1 saturated carbocycles. The number of fused-ring (bicyclic) bond motifs is 4. The Morgan fingerprint density at radius 1 is 1.00 bits per heavy atom. The topological polar surface area (TPSA) is 104 Å². The van der Waals surface area contributed by atoms with Crippen molar-refractivity contribution in [3.8, 4) is 5.75 Å². The summed E-state index contributed by atoms with van der Waals surface area (Å²) < 4.78 is 0. The van der Waals surface area contributed by atoms with Crippen molar-refractivity contribution in [3.63, 3.8) is 0 Å². The van der Waals surface area contributed by atoms with Crippen LogP contribution in [0.25, 0.3) is 0 Å². The van der Waals surface area contributed by atoms with Crippen LogP contribution < -0.4 is 10.2 Å². The summed E-state index contributed by atoms with van der Waals surface area (Å²) in [5, 5.41) is 12.6. The molecule has 178 valence electrons. The van der Waals surface area contributed by atoms with Gasteiger partial charge < -0.3 is 5.11 Å². The average molecular weight is 471 g/mol. The molecule has 2 N–H and O–H groups in total. The Morgan fingerprint density at radius 2 is 1.74 bits per heavy atom. The van der Waals surface area contributed by atoms with Gasteiger partial charge >= 0.3 is 0 Å². The lowest BCUT2D eigenvalue weighted by atomic mass is 9.51. The number of hydrogen-bond acceptors (Lipinski definition) is 5. The monoisotopic (exact) mass is 470 g/mol. The molecule has 4 aliphatic rings. The lowest BCUT2D eigenvalue weighted by Crippen LogP contribution is -2.48. The highest BCUT2D eigenvalue weighted by Crippen LogP contribution is 2.63. The summed E-state index contributed by atoms with van der Waals surface area (Å²) in [6, 6.07) is 14.2. The summed E-state index contributed by atoms with van der Waals surface area (Å²) in [6.45, 7) is 3.65. The molecule has 7 nitrogen and oxygen atoms in total. The SMILES string of the molecule is Cc1cc([C@H]2C3=CC[C@@H]4C(=O)NC(=O)[C@@H]4[C@@H]3C[C@H]3C(=O)N(c4ccccc4)C(=O)[C@@]23C)ccc1O. The first-order valence-corrected chi connectivity index (χ1v) is 12.0. The lowest BCUT2D eigenvalue weighted by Gasteiger charge is -2.49. The third-order valence-electron chi connectivity index (χ3n) is 8.69. The number of hydrogen-bond donors (Lipinski definition) is 2. The number of phenolic OH excluding ortho intramolecular Hbond substituents is 1. The van der Waals surface area contributed by atoms with Gasteiger partial charge in [-0.15, -0.1) is 0 Å². The number of phenols is 1. The molecule has 0 radical (unpaired) electrons. The van der Waals surface area contributed by atoms with Crippen LogP contribution in [-0.4, -0.2) is 28.7 Å². The summed E-state index contributed by atoms with van der Waals surface area (Å²) >= 11 is 0. The summed E-state index contributed by atoms with van der Waals surface area (Å²) in [5.41, 5.74) is 1.90. The predicted octanol–water partition coefficient (Wildman–Crippen LogP) is 3.22. The van der Waals surface area contributed by atoms with Crippen molar-refractivity contribution in [1.29, 1.82) is 0 Å². The molecule has 2 aromatic rings. The molecule has 2 aliphatic heterocycles. The zero-order valence-corrected chi connectivity index (χ0v) is 19.5. The number of carbonyl (C=O) groups excluding carboxylic acids is 4. The number of benzene rings is 2. The van der Waals surface area contributed by atoms with E-state index in [1.807, 2.05) is 25.1 Å². The number of nitrogens with zero attached hydrogens (tertiary/aromatic N) is 1. The molecule has 35 heavy (non-hydrogen) atoms. The highest BCUT2D eigenvalue weighted by Gasteiger charge is 2.67. The number of carbonyl (C=O) groups is 4. The van der Waals surface area contributed by atoms with Crippen molar-refractivity contribution < 1.29 is 24.3 Å². The number of imide groups is 2. The molecule has 4 amide bonds. The normalized spacial score (nSPS) is 33.7. The summed E-state index contributed by atoms with van der Waals surface area (Å²) in [7, 11) is 0. The van der Waals surface area contributed by atoms with Gasteiger partial charge in [-0.05, 0) is 61.9 Å². The van der Waals surface area contributed by atoms with Crippen molar-refractivity contribution >= 4 is 29.3 Å². The van der Waals surface area contributed by atoms with Crippen LogP contribution in [0.4, 0.5) is 5.69 Å². The van der Waals surface area contributed by atoms with Gasteiger partial charge in [0.1, 0.15) is 5.75 Å². The molecule has 2 aliphatic carbocycles. The standard InChI is InChI=1S/C28H26N2O5/c1-14-12-15(8-11-21(14)31)23-17-9-10-18-22(25(33)29-24(18)32)19(17)13-20-26(34)30(27(35)28(20,23)2)16-6-4-3-5-7-16/h3-9,11-12,18-20,22-23,31H,10,13H2,1-2H3,(H,29,32,33)/t18-,19+,20-,22-,23-,28+/m0/s1. The van der Waals surface area contributed by atoms with Gasteiger partial charge in [0.05, 0.1) is 28.9 Å². The molecule has 7 heteroatoms. The van der Waals surface area contributed by atoms with Crippen molar-refractivity contribution in [2.45, 2.75) is 32.6 Å². The molecule has 2 aromatic carbocycles. The van der Waals surface area contributed by atoms with E-state index in [-0.39, 0.29) is 35.3 Å². The predicted molar refractivity (Wildman–Crippen MR) is 127 cm³/mol. The maximum Gasteiger partial charge on any atom is 0.241 e. The largest absolute Gasteiger partial charge is 0.508 e.